The Balaban J connectivity index is 2.02. The Morgan fingerprint density at radius 3 is 2.83 bits per heavy atom. The maximum Gasteiger partial charge on any atom is 0.238 e. The van der Waals surface area contributed by atoms with Crippen LogP contribution >= 0.6 is 11.6 Å². The Labute approximate surface area is 146 Å². The number of fused-ring (bicyclic) bond motifs is 1. The lowest BCUT2D eigenvalue weighted by Gasteiger charge is -2.39. The van der Waals surface area contributed by atoms with E-state index in [9.17, 15) is 4.39 Å². The first kappa shape index (κ1) is 17.0. The van der Waals surface area contributed by atoms with Gasteiger partial charge in [-0.15, -0.1) is 0 Å². The van der Waals surface area contributed by atoms with E-state index in [0.29, 0.717) is 16.3 Å². The molecule has 126 valence electrons. The molecule has 0 spiro atoms. The smallest absolute Gasteiger partial charge is 0.238 e. The molecule has 0 radical (unpaired) electrons. The molecule has 1 N–H and O–H groups in total. The molecule has 3 rings (SSSR count). The average Bonchev–Trinajstić information content (AvgIpc) is 2.54. The minimum absolute atomic E-state index is 0.313. The Morgan fingerprint density at radius 1 is 1.29 bits per heavy atom. The van der Waals surface area contributed by atoms with Gasteiger partial charge < -0.3 is 14.8 Å². The van der Waals surface area contributed by atoms with E-state index in [1.165, 1.54) is 6.07 Å². The molecule has 1 aliphatic heterocycles. The largest absolute Gasteiger partial charge is 0.458 e. The molecule has 24 heavy (non-hydrogen) atoms. The van der Waals surface area contributed by atoms with Crippen LogP contribution in [0.4, 0.5) is 4.39 Å². The Kier molecular flexibility index (Phi) is 4.90. The average molecular weight is 348 g/mol. The van der Waals surface area contributed by atoms with Crippen molar-refractivity contribution in [1.82, 2.24) is 5.32 Å². The van der Waals surface area contributed by atoms with Crippen molar-refractivity contribution < 1.29 is 13.9 Å². The Bertz CT molecular complexity index is 765. The summed E-state index contributed by atoms with van der Waals surface area (Å²) in [4.78, 5) is 0. The minimum Gasteiger partial charge on any atom is -0.458 e. The molecule has 0 aliphatic carbocycles. The fourth-order valence-corrected chi connectivity index (χ4v) is 2.94. The predicted molar refractivity (Wildman–Crippen MR) is 92.7 cm³/mol. The van der Waals surface area contributed by atoms with E-state index in [2.05, 4.69) is 5.32 Å². The normalized spacial score (nSPS) is 23.1. The Morgan fingerprint density at radius 2 is 2.08 bits per heavy atom. The highest BCUT2D eigenvalue weighted by molar-refractivity contribution is 6.30. The van der Waals surface area contributed by atoms with Crippen LogP contribution in [0.25, 0.3) is 0 Å². The zero-order chi connectivity index (χ0) is 17.2. The molecule has 0 amide bonds. The first-order chi connectivity index (χ1) is 11.5. The minimum atomic E-state index is -1.24. The van der Waals surface area contributed by atoms with Gasteiger partial charge in [-0.25, -0.2) is 4.39 Å². The summed E-state index contributed by atoms with van der Waals surface area (Å²) in [6, 6.07) is 12.1. The quantitative estimate of drug-likeness (QED) is 0.821. The lowest BCUT2D eigenvalue weighted by molar-refractivity contribution is -0.217. The summed E-state index contributed by atoms with van der Waals surface area (Å²) >= 11 is 5.86. The number of likely N-dealkylation sites (N-methyl/N-ethyl adjacent to an activating group) is 1. The zero-order valence-electron chi connectivity index (χ0n) is 13.6. The SMILES string of the molecule is CNC/C=C/C1OC(C)(c2ccc(Cl)cc2F)Oc2ccccc21. The van der Waals surface area contributed by atoms with E-state index in [1.54, 1.807) is 19.1 Å². The number of nitrogens with one attached hydrogen (secondary N) is 1. The van der Waals surface area contributed by atoms with Crippen molar-refractivity contribution in [1.29, 1.82) is 0 Å². The van der Waals surface area contributed by atoms with Gasteiger partial charge in [0.05, 0.1) is 5.56 Å². The van der Waals surface area contributed by atoms with E-state index in [4.69, 9.17) is 21.1 Å². The molecular weight excluding hydrogens is 329 g/mol. The van der Waals surface area contributed by atoms with Crippen LogP contribution in [0.3, 0.4) is 0 Å². The second kappa shape index (κ2) is 6.93. The van der Waals surface area contributed by atoms with Gasteiger partial charge in [0.15, 0.2) is 0 Å². The second-order valence-electron chi connectivity index (χ2n) is 5.73. The maximum atomic E-state index is 14.4. The molecule has 1 aliphatic rings. The molecule has 0 fully saturated rings. The summed E-state index contributed by atoms with van der Waals surface area (Å²) in [5.41, 5.74) is 1.23. The number of hydrogen-bond donors (Lipinski definition) is 1. The van der Waals surface area contributed by atoms with Crippen LogP contribution in [0.1, 0.15) is 24.2 Å². The van der Waals surface area contributed by atoms with Gasteiger partial charge in [0.2, 0.25) is 5.79 Å². The summed E-state index contributed by atoms with van der Waals surface area (Å²) in [6.45, 7) is 2.43. The van der Waals surface area contributed by atoms with Crippen molar-refractivity contribution in [3.63, 3.8) is 0 Å². The molecule has 2 aromatic carbocycles. The fourth-order valence-electron chi connectivity index (χ4n) is 2.78. The monoisotopic (exact) mass is 347 g/mol. The van der Waals surface area contributed by atoms with Crippen molar-refractivity contribution in [2.24, 2.45) is 0 Å². The third-order valence-electron chi connectivity index (χ3n) is 3.94. The van der Waals surface area contributed by atoms with Crippen LogP contribution in [-0.4, -0.2) is 13.6 Å². The molecule has 0 bridgehead atoms. The molecule has 3 nitrogen and oxygen atoms in total. The van der Waals surface area contributed by atoms with Crippen LogP contribution in [0.15, 0.2) is 54.6 Å². The third kappa shape index (κ3) is 3.31. The van der Waals surface area contributed by atoms with Gasteiger partial charge in [0, 0.05) is 24.1 Å². The molecule has 0 saturated carbocycles. The molecular formula is C19H19ClFNO2. The van der Waals surface area contributed by atoms with Crippen LogP contribution in [0, 0.1) is 5.82 Å². The van der Waals surface area contributed by atoms with Gasteiger partial charge in [-0.05, 0) is 31.3 Å². The van der Waals surface area contributed by atoms with Crippen molar-refractivity contribution in [3.05, 3.63) is 76.6 Å². The van der Waals surface area contributed by atoms with E-state index in [1.807, 2.05) is 43.5 Å². The van der Waals surface area contributed by atoms with Crippen molar-refractivity contribution in [2.45, 2.75) is 18.8 Å². The molecule has 2 atom stereocenters. The Hall–Kier alpha value is -1.88. The van der Waals surface area contributed by atoms with Crippen molar-refractivity contribution in [3.8, 4) is 5.75 Å². The predicted octanol–water partition coefficient (Wildman–Crippen LogP) is 4.58. The van der Waals surface area contributed by atoms with E-state index in [0.717, 1.165) is 12.1 Å². The highest BCUT2D eigenvalue weighted by atomic mass is 35.5. The summed E-state index contributed by atoms with van der Waals surface area (Å²) in [6.07, 6.45) is 3.60. The standard InChI is InChI=1S/C19H19ClFNO2/c1-19(15-10-9-13(20)12-16(15)21)23-17-7-4-3-6-14(17)18(24-19)8-5-11-22-2/h3-10,12,18,22H,11H2,1-2H3/b8-5+. The maximum absolute atomic E-state index is 14.4. The van der Waals surface area contributed by atoms with Crippen LogP contribution in [0.5, 0.6) is 5.75 Å². The third-order valence-corrected chi connectivity index (χ3v) is 4.17. The highest BCUT2D eigenvalue weighted by Gasteiger charge is 2.40. The number of ether oxygens (including phenoxy) is 2. The topological polar surface area (TPSA) is 30.5 Å². The highest BCUT2D eigenvalue weighted by Crippen LogP contribution is 2.44. The number of benzene rings is 2. The van der Waals surface area contributed by atoms with Crippen molar-refractivity contribution >= 4 is 11.6 Å². The second-order valence-corrected chi connectivity index (χ2v) is 6.17. The van der Waals surface area contributed by atoms with Gasteiger partial charge in [-0.1, -0.05) is 42.0 Å². The van der Waals surface area contributed by atoms with Gasteiger partial charge in [-0.3, -0.25) is 0 Å². The van der Waals surface area contributed by atoms with Gasteiger partial charge in [0.25, 0.3) is 0 Å². The fraction of sp³-hybridized carbons (Fsp3) is 0.263. The summed E-state index contributed by atoms with van der Waals surface area (Å²) in [7, 11) is 1.87. The molecule has 1 heterocycles. The molecule has 2 unspecified atom stereocenters. The van der Waals surface area contributed by atoms with E-state index in [-0.39, 0.29) is 6.10 Å². The lowest BCUT2D eigenvalue weighted by Crippen LogP contribution is -2.38. The first-order valence-electron chi connectivity index (χ1n) is 7.76. The van der Waals surface area contributed by atoms with Gasteiger partial charge in [0.1, 0.15) is 17.7 Å². The molecule has 0 saturated heterocycles. The number of halogens is 2. The lowest BCUT2D eigenvalue weighted by atomic mass is 10.0. The summed E-state index contributed by atoms with van der Waals surface area (Å²) < 4.78 is 26.6. The summed E-state index contributed by atoms with van der Waals surface area (Å²) in [5.74, 6) is -1.01. The number of para-hydroxylation sites is 1. The van der Waals surface area contributed by atoms with E-state index < -0.39 is 11.6 Å². The van der Waals surface area contributed by atoms with Gasteiger partial charge >= 0.3 is 0 Å². The molecule has 0 aromatic heterocycles. The van der Waals surface area contributed by atoms with Gasteiger partial charge in [-0.2, -0.15) is 0 Å². The molecule has 5 heteroatoms. The number of hydrogen-bond acceptors (Lipinski definition) is 3. The molecule has 2 aromatic rings. The van der Waals surface area contributed by atoms with Crippen LogP contribution in [0.2, 0.25) is 5.02 Å². The van der Waals surface area contributed by atoms with Crippen LogP contribution in [-0.2, 0) is 10.5 Å². The van der Waals surface area contributed by atoms with E-state index >= 15 is 0 Å². The number of rotatable bonds is 4. The van der Waals surface area contributed by atoms with Crippen LogP contribution < -0.4 is 10.1 Å². The van der Waals surface area contributed by atoms with Crippen molar-refractivity contribution in [2.75, 3.05) is 13.6 Å². The zero-order valence-corrected chi connectivity index (χ0v) is 14.3. The first-order valence-corrected chi connectivity index (χ1v) is 8.14. The summed E-state index contributed by atoms with van der Waals surface area (Å²) in [5, 5.41) is 3.39.